The van der Waals surface area contributed by atoms with E-state index in [2.05, 4.69) is 16.0 Å². The Hall–Kier alpha value is -3.65. The average Bonchev–Trinajstić information content (AvgIpc) is 3.33. The van der Waals surface area contributed by atoms with Crippen molar-refractivity contribution in [2.75, 3.05) is 5.32 Å². The first-order valence-corrected chi connectivity index (χ1v) is 11.0. The summed E-state index contributed by atoms with van der Waals surface area (Å²) in [6, 6.07) is 18.3. The molecule has 8 heteroatoms. The van der Waals surface area contributed by atoms with Crippen LogP contribution in [0.3, 0.4) is 0 Å². The molecule has 0 aliphatic rings. The van der Waals surface area contributed by atoms with Gasteiger partial charge >= 0.3 is 12.0 Å². The SMILES string of the molecule is CC(C)C(NC(=O)NCc1ccccc1)C(=O)Oc1ccc(NC(=O)c2cccs2)cc1. The summed E-state index contributed by atoms with van der Waals surface area (Å²) in [6.45, 7) is 4.00. The molecule has 0 saturated heterocycles. The highest BCUT2D eigenvalue weighted by Gasteiger charge is 2.26. The van der Waals surface area contributed by atoms with E-state index in [0.717, 1.165) is 5.56 Å². The molecule has 0 saturated carbocycles. The molecule has 1 heterocycles. The van der Waals surface area contributed by atoms with Crippen molar-refractivity contribution in [2.45, 2.75) is 26.4 Å². The highest BCUT2D eigenvalue weighted by Crippen LogP contribution is 2.19. The lowest BCUT2D eigenvalue weighted by atomic mass is 10.1. The molecule has 0 aliphatic carbocycles. The lowest BCUT2D eigenvalue weighted by molar-refractivity contribution is -0.137. The Morgan fingerprint density at radius 3 is 2.28 bits per heavy atom. The molecule has 3 rings (SSSR count). The Bertz CT molecular complexity index is 1030. The first-order chi connectivity index (χ1) is 15.4. The number of thiophene rings is 1. The fourth-order valence-corrected chi connectivity index (χ4v) is 3.47. The number of benzene rings is 2. The van der Waals surface area contributed by atoms with E-state index >= 15 is 0 Å². The van der Waals surface area contributed by atoms with Crippen molar-refractivity contribution in [2.24, 2.45) is 5.92 Å². The average molecular weight is 452 g/mol. The molecule has 32 heavy (non-hydrogen) atoms. The molecular weight excluding hydrogens is 426 g/mol. The number of esters is 1. The molecular formula is C24H25N3O4S. The van der Waals surface area contributed by atoms with Crippen molar-refractivity contribution in [3.63, 3.8) is 0 Å². The van der Waals surface area contributed by atoms with E-state index in [9.17, 15) is 14.4 Å². The maximum absolute atomic E-state index is 12.6. The summed E-state index contributed by atoms with van der Waals surface area (Å²) in [5, 5.41) is 10.0. The standard InChI is InChI=1S/C24H25N3O4S/c1-16(2)21(27-24(30)25-15-17-7-4-3-5-8-17)23(29)31-19-12-10-18(11-13-19)26-22(28)20-9-6-14-32-20/h3-14,16,21H,15H2,1-2H3,(H,26,28)(H2,25,27,30). The Labute approximate surface area is 190 Å². The summed E-state index contributed by atoms with van der Waals surface area (Å²) in [5.41, 5.74) is 1.54. The minimum atomic E-state index is -0.816. The Kier molecular flexibility index (Phi) is 7.99. The normalized spacial score (nSPS) is 11.5. The number of urea groups is 1. The van der Waals surface area contributed by atoms with Gasteiger partial charge in [-0.2, -0.15) is 0 Å². The second-order valence-electron chi connectivity index (χ2n) is 7.41. The molecule has 1 atom stereocenters. The molecule has 0 bridgehead atoms. The molecule has 3 N–H and O–H groups in total. The highest BCUT2D eigenvalue weighted by molar-refractivity contribution is 7.12. The smallest absolute Gasteiger partial charge is 0.334 e. The van der Waals surface area contributed by atoms with Gasteiger partial charge in [-0.25, -0.2) is 9.59 Å². The molecule has 0 radical (unpaired) electrons. The number of anilines is 1. The summed E-state index contributed by atoms with van der Waals surface area (Å²) < 4.78 is 5.44. The summed E-state index contributed by atoms with van der Waals surface area (Å²) in [5.74, 6) is -0.615. The van der Waals surface area contributed by atoms with Gasteiger partial charge in [0.2, 0.25) is 0 Å². The number of nitrogens with one attached hydrogen (secondary N) is 3. The third-order valence-electron chi connectivity index (χ3n) is 4.58. The molecule has 0 spiro atoms. The van der Waals surface area contributed by atoms with Crippen LogP contribution >= 0.6 is 11.3 Å². The highest BCUT2D eigenvalue weighted by atomic mass is 32.1. The Morgan fingerprint density at radius 2 is 1.66 bits per heavy atom. The van der Waals surface area contributed by atoms with Crippen molar-refractivity contribution >= 4 is 34.9 Å². The van der Waals surface area contributed by atoms with E-state index in [1.165, 1.54) is 11.3 Å². The third-order valence-corrected chi connectivity index (χ3v) is 5.45. The van der Waals surface area contributed by atoms with E-state index in [1.54, 1.807) is 30.3 Å². The van der Waals surface area contributed by atoms with Gasteiger partial charge in [0.1, 0.15) is 11.8 Å². The molecule has 1 unspecified atom stereocenters. The van der Waals surface area contributed by atoms with Crippen LogP contribution in [0.1, 0.15) is 29.1 Å². The number of ether oxygens (including phenoxy) is 1. The molecule has 2 aromatic carbocycles. The van der Waals surface area contributed by atoms with Crippen LogP contribution in [0.2, 0.25) is 0 Å². The second kappa shape index (κ2) is 11.1. The molecule has 1 aromatic heterocycles. The quantitative estimate of drug-likeness (QED) is 0.349. The van der Waals surface area contributed by atoms with Gasteiger partial charge in [-0.15, -0.1) is 11.3 Å². The minimum Gasteiger partial charge on any atom is -0.425 e. The largest absolute Gasteiger partial charge is 0.425 e. The summed E-state index contributed by atoms with van der Waals surface area (Å²) in [4.78, 5) is 37.6. The molecule has 0 aliphatic heterocycles. The van der Waals surface area contributed by atoms with E-state index in [-0.39, 0.29) is 11.8 Å². The second-order valence-corrected chi connectivity index (χ2v) is 8.36. The zero-order chi connectivity index (χ0) is 22.9. The van der Waals surface area contributed by atoms with E-state index in [1.807, 2.05) is 55.6 Å². The first-order valence-electron chi connectivity index (χ1n) is 10.2. The number of hydrogen-bond acceptors (Lipinski definition) is 5. The van der Waals surface area contributed by atoms with Crippen LogP contribution in [0.15, 0.2) is 72.1 Å². The number of amides is 3. The molecule has 3 aromatic rings. The van der Waals surface area contributed by atoms with Crippen molar-refractivity contribution < 1.29 is 19.1 Å². The lowest BCUT2D eigenvalue weighted by Gasteiger charge is -2.21. The number of carbonyl (C=O) groups excluding carboxylic acids is 3. The van der Waals surface area contributed by atoms with Crippen molar-refractivity contribution in [3.8, 4) is 5.75 Å². The minimum absolute atomic E-state index is 0.172. The van der Waals surface area contributed by atoms with Gasteiger partial charge in [0.05, 0.1) is 4.88 Å². The zero-order valence-corrected chi connectivity index (χ0v) is 18.6. The molecule has 166 valence electrons. The van der Waals surface area contributed by atoms with Crippen LogP contribution in [-0.4, -0.2) is 23.9 Å². The van der Waals surface area contributed by atoms with Gasteiger partial charge in [-0.1, -0.05) is 50.2 Å². The molecule has 0 fully saturated rings. The molecule has 7 nitrogen and oxygen atoms in total. The Morgan fingerprint density at radius 1 is 0.938 bits per heavy atom. The van der Waals surface area contributed by atoms with Crippen LogP contribution in [0.25, 0.3) is 0 Å². The van der Waals surface area contributed by atoms with Gasteiger partial charge in [-0.3, -0.25) is 4.79 Å². The summed E-state index contributed by atoms with van der Waals surface area (Å²) >= 11 is 1.35. The van der Waals surface area contributed by atoms with Gasteiger partial charge < -0.3 is 20.7 Å². The third kappa shape index (κ3) is 6.68. The van der Waals surface area contributed by atoms with E-state index in [0.29, 0.717) is 22.9 Å². The number of rotatable bonds is 8. The lowest BCUT2D eigenvalue weighted by Crippen LogP contribution is -2.49. The van der Waals surface area contributed by atoms with Crippen LogP contribution in [0, 0.1) is 5.92 Å². The summed E-state index contributed by atoms with van der Waals surface area (Å²) in [7, 11) is 0. The zero-order valence-electron chi connectivity index (χ0n) is 17.8. The maximum Gasteiger partial charge on any atom is 0.334 e. The summed E-state index contributed by atoms with van der Waals surface area (Å²) in [6.07, 6.45) is 0. The van der Waals surface area contributed by atoms with Gasteiger partial charge in [0.25, 0.3) is 5.91 Å². The predicted octanol–water partition coefficient (Wildman–Crippen LogP) is 4.43. The van der Waals surface area contributed by atoms with Crippen molar-refractivity contribution in [1.29, 1.82) is 0 Å². The predicted molar refractivity (Wildman–Crippen MR) is 125 cm³/mol. The van der Waals surface area contributed by atoms with Crippen LogP contribution < -0.4 is 20.7 Å². The molecule has 3 amide bonds. The van der Waals surface area contributed by atoms with Gasteiger partial charge in [0, 0.05) is 12.2 Å². The van der Waals surface area contributed by atoms with Crippen molar-refractivity contribution in [3.05, 3.63) is 82.6 Å². The van der Waals surface area contributed by atoms with Gasteiger partial charge in [0.15, 0.2) is 0 Å². The van der Waals surface area contributed by atoms with Gasteiger partial charge in [-0.05, 0) is 47.2 Å². The number of carbonyl (C=O) groups is 3. The monoisotopic (exact) mass is 451 g/mol. The Balaban J connectivity index is 1.53. The van der Waals surface area contributed by atoms with Crippen LogP contribution in [0.5, 0.6) is 5.75 Å². The van der Waals surface area contributed by atoms with Crippen molar-refractivity contribution in [1.82, 2.24) is 10.6 Å². The first kappa shape index (κ1) is 23.0. The fraction of sp³-hybridized carbons (Fsp3) is 0.208. The number of hydrogen-bond donors (Lipinski definition) is 3. The van der Waals surface area contributed by atoms with Crippen LogP contribution in [-0.2, 0) is 11.3 Å². The fourth-order valence-electron chi connectivity index (χ4n) is 2.85. The maximum atomic E-state index is 12.6. The van der Waals surface area contributed by atoms with Crippen LogP contribution in [0.4, 0.5) is 10.5 Å². The topological polar surface area (TPSA) is 96.5 Å². The van der Waals surface area contributed by atoms with E-state index in [4.69, 9.17) is 4.74 Å². The van der Waals surface area contributed by atoms with E-state index < -0.39 is 18.0 Å².